The largest absolute Gasteiger partial charge is 0.357 e. The van der Waals surface area contributed by atoms with Crippen molar-refractivity contribution in [2.75, 3.05) is 20.1 Å². The molecular formula is C20H34N4O2S. The third-order valence-corrected chi connectivity index (χ3v) is 5.35. The van der Waals surface area contributed by atoms with Gasteiger partial charge in [-0.1, -0.05) is 30.3 Å². The quantitative estimate of drug-likeness (QED) is 0.262. The molecule has 2 N–H and O–H groups in total. The minimum atomic E-state index is -3.30. The summed E-state index contributed by atoms with van der Waals surface area (Å²) in [5.74, 6) is 0.859. The van der Waals surface area contributed by atoms with E-state index in [9.17, 15) is 8.42 Å². The highest BCUT2D eigenvalue weighted by molar-refractivity contribution is 7.88. The smallest absolute Gasteiger partial charge is 0.216 e. The van der Waals surface area contributed by atoms with Crippen LogP contribution in [0.1, 0.15) is 44.7 Å². The number of unbranched alkanes of at least 4 members (excludes halogenated alkanes) is 1. The Hall–Kier alpha value is -1.86. The highest BCUT2D eigenvalue weighted by Crippen LogP contribution is 2.09. The van der Waals surface area contributed by atoms with Crippen molar-refractivity contribution in [2.45, 2.75) is 52.0 Å². The van der Waals surface area contributed by atoms with Crippen molar-refractivity contribution >= 4 is 16.0 Å². The van der Waals surface area contributed by atoms with Crippen LogP contribution in [0.15, 0.2) is 41.9 Å². The second-order valence-electron chi connectivity index (χ2n) is 6.87. The lowest BCUT2D eigenvalue weighted by Gasteiger charge is -2.21. The van der Waals surface area contributed by atoms with E-state index in [0.29, 0.717) is 6.54 Å². The number of nitrogens with zero attached hydrogens (tertiary/aromatic N) is 2. The number of allylic oxidation sites excluding steroid dienone is 1. The fourth-order valence-corrected chi connectivity index (χ4v) is 4.01. The summed E-state index contributed by atoms with van der Waals surface area (Å²) >= 11 is 0. The van der Waals surface area contributed by atoms with Crippen molar-refractivity contribution in [3.05, 3.63) is 48.0 Å². The van der Waals surface area contributed by atoms with E-state index in [0.717, 1.165) is 43.0 Å². The lowest BCUT2D eigenvalue weighted by atomic mass is 10.1. The molecule has 0 aliphatic carbocycles. The number of benzene rings is 1. The molecule has 0 aliphatic rings. The lowest BCUT2D eigenvalue weighted by Crippen LogP contribution is -2.39. The van der Waals surface area contributed by atoms with E-state index in [2.05, 4.69) is 26.5 Å². The molecule has 0 fully saturated rings. The van der Waals surface area contributed by atoms with E-state index in [4.69, 9.17) is 0 Å². The number of guanidine groups is 1. The number of hydrogen-bond donors (Lipinski definition) is 2. The molecule has 0 bridgehead atoms. The Morgan fingerprint density at radius 2 is 1.89 bits per heavy atom. The summed E-state index contributed by atoms with van der Waals surface area (Å²) in [5, 5.41) is 3.30. The monoisotopic (exact) mass is 394 g/mol. The van der Waals surface area contributed by atoms with Gasteiger partial charge in [-0.3, -0.25) is 0 Å². The van der Waals surface area contributed by atoms with E-state index in [-0.39, 0.29) is 11.8 Å². The average molecular weight is 395 g/mol. The normalized spacial score (nSPS) is 12.3. The summed E-state index contributed by atoms with van der Waals surface area (Å²) in [7, 11) is -1.28. The topological polar surface area (TPSA) is 73.8 Å². The van der Waals surface area contributed by atoms with E-state index < -0.39 is 10.0 Å². The Kier molecular flexibility index (Phi) is 10.1. The SMILES string of the molecule is C=CCCCN(C)C(=NCc1ccc(CS(=O)(=O)NC(C)C)cc1)NCC. The summed E-state index contributed by atoms with van der Waals surface area (Å²) < 4.78 is 26.6. The number of hydrogen-bond acceptors (Lipinski definition) is 3. The molecule has 27 heavy (non-hydrogen) atoms. The molecule has 7 heteroatoms. The summed E-state index contributed by atoms with van der Waals surface area (Å²) in [5.41, 5.74) is 1.81. The molecule has 0 saturated carbocycles. The predicted molar refractivity (Wildman–Crippen MR) is 114 cm³/mol. The molecule has 0 spiro atoms. The van der Waals surface area contributed by atoms with Crippen molar-refractivity contribution in [1.82, 2.24) is 14.9 Å². The number of sulfonamides is 1. The van der Waals surface area contributed by atoms with Crippen molar-refractivity contribution in [1.29, 1.82) is 0 Å². The molecule has 0 aliphatic heterocycles. The summed E-state index contributed by atoms with van der Waals surface area (Å²) in [6.45, 7) is 11.7. The Labute approximate surface area is 164 Å². The highest BCUT2D eigenvalue weighted by Gasteiger charge is 2.12. The third kappa shape index (κ3) is 9.58. The van der Waals surface area contributed by atoms with Gasteiger partial charge in [0.1, 0.15) is 0 Å². The highest BCUT2D eigenvalue weighted by atomic mass is 32.2. The predicted octanol–water partition coefficient (Wildman–Crippen LogP) is 2.88. The molecular weight excluding hydrogens is 360 g/mol. The number of nitrogens with one attached hydrogen (secondary N) is 2. The molecule has 1 rings (SSSR count). The average Bonchev–Trinajstić information content (AvgIpc) is 2.58. The molecule has 0 unspecified atom stereocenters. The molecule has 0 heterocycles. The number of rotatable bonds is 11. The molecule has 152 valence electrons. The van der Waals surface area contributed by atoms with Crippen molar-refractivity contribution in [2.24, 2.45) is 4.99 Å². The van der Waals surface area contributed by atoms with Crippen LogP contribution >= 0.6 is 0 Å². The Morgan fingerprint density at radius 1 is 1.26 bits per heavy atom. The summed E-state index contributed by atoms with van der Waals surface area (Å²) in [6, 6.07) is 7.48. The van der Waals surface area contributed by atoms with E-state index in [1.807, 2.05) is 58.2 Å². The van der Waals surface area contributed by atoms with Gasteiger partial charge in [0.05, 0.1) is 12.3 Å². The second kappa shape index (κ2) is 11.8. The van der Waals surface area contributed by atoms with E-state index in [1.54, 1.807) is 0 Å². The Bertz CT molecular complexity index is 697. The fraction of sp³-hybridized carbons (Fsp3) is 0.550. The first-order valence-electron chi connectivity index (χ1n) is 9.45. The number of aliphatic imine (C=N–C) groups is 1. The molecule has 0 amide bonds. The van der Waals surface area contributed by atoms with Crippen LogP contribution in [0.5, 0.6) is 0 Å². The standard InChI is InChI=1S/C20H34N4O2S/c1-6-8-9-14-24(5)20(21-7-2)22-15-18-10-12-19(13-11-18)16-27(25,26)23-17(3)4/h6,10-13,17,23H,1,7-9,14-16H2,2-5H3,(H,21,22). The van der Waals surface area contributed by atoms with Gasteiger partial charge in [0, 0.05) is 26.2 Å². The van der Waals surface area contributed by atoms with Crippen LogP contribution < -0.4 is 10.0 Å². The Morgan fingerprint density at radius 3 is 2.44 bits per heavy atom. The maximum absolute atomic E-state index is 12.0. The molecule has 6 nitrogen and oxygen atoms in total. The minimum absolute atomic E-state index is 0.0105. The van der Waals surface area contributed by atoms with Gasteiger partial charge in [0.25, 0.3) is 0 Å². The van der Waals surface area contributed by atoms with Crippen molar-refractivity contribution < 1.29 is 8.42 Å². The van der Waals surface area contributed by atoms with Gasteiger partial charge < -0.3 is 10.2 Å². The first kappa shape index (κ1) is 23.2. The van der Waals surface area contributed by atoms with Gasteiger partial charge in [-0.25, -0.2) is 18.1 Å². The maximum atomic E-state index is 12.0. The maximum Gasteiger partial charge on any atom is 0.216 e. The van der Waals surface area contributed by atoms with Crippen LogP contribution in [0.25, 0.3) is 0 Å². The van der Waals surface area contributed by atoms with Gasteiger partial charge in [-0.2, -0.15) is 0 Å². The zero-order valence-electron chi connectivity index (χ0n) is 17.0. The first-order chi connectivity index (χ1) is 12.8. The van der Waals surface area contributed by atoms with E-state index in [1.165, 1.54) is 0 Å². The summed E-state index contributed by atoms with van der Waals surface area (Å²) in [6.07, 6.45) is 3.95. The molecule has 0 atom stereocenters. The second-order valence-corrected chi connectivity index (χ2v) is 8.62. The van der Waals surface area contributed by atoms with Crippen LogP contribution in [0.3, 0.4) is 0 Å². The van der Waals surface area contributed by atoms with E-state index >= 15 is 0 Å². The van der Waals surface area contributed by atoms with Crippen LogP contribution in [-0.2, 0) is 22.3 Å². The summed E-state index contributed by atoms with van der Waals surface area (Å²) in [4.78, 5) is 6.80. The Balaban J connectivity index is 2.71. The molecule has 1 aromatic rings. The molecule has 0 saturated heterocycles. The fourth-order valence-electron chi connectivity index (χ4n) is 2.58. The zero-order valence-corrected chi connectivity index (χ0v) is 17.8. The molecule has 0 radical (unpaired) electrons. The molecule has 0 aromatic heterocycles. The lowest BCUT2D eigenvalue weighted by molar-refractivity contribution is 0.470. The van der Waals surface area contributed by atoms with Gasteiger partial charge in [-0.15, -0.1) is 6.58 Å². The van der Waals surface area contributed by atoms with Crippen LogP contribution in [-0.4, -0.2) is 45.5 Å². The van der Waals surface area contributed by atoms with Crippen LogP contribution in [0.2, 0.25) is 0 Å². The van der Waals surface area contributed by atoms with Crippen LogP contribution in [0.4, 0.5) is 0 Å². The van der Waals surface area contributed by atoms with Gasteiger partial charge in [-0.05, 0) is 44.7 Å². The van der Waals surface area contributed by atoms with Crippen molar-refractivity contribution in [3.8, 4) is 0 Å². The van der Waals surface area contributed by atoms with Gasteiger partial charge in [0.2, 0.25) is 10.0 Å². The van der Waals surface area contributed by atoms with Gasteiger partial charge in [0.15, 0.2) is 5.96 Å². The van der Waals surface area contributed by atoms with Crippen LogP contribution in [0, 0.1) is 0 Å². The third-order valence-electron chi connectivity index (χ3n) is 3.80. The molecule has 1 aromatic carbocycles. The first-order valence-corrected chi connectivity index (χ1v) is 11.1. The van der Waals surface area contributed by atoms with Gasteiger partial charge >= 0.3 is 0 Å². The minimum Gasteiger partial charge on any atom is -0.357 e. The van der Waals surface area contributed by atoms with Crippen molar-refractivity contribution in [3.63, 3.8) is 0 Å². The zero-order chi connectivity index (χ0) is 20.3.